The molecule has 1 unspecified atom stereocenters. The van der Waals surface area contributed by atoms with Gasteiger partial charge in [-0.15, -0.1) is 11.3 Å². The van der Waals surface area contributed by atoms with Gasteiger partial charge in [-0.25, -0.2) is 0 Å². The summed E-state index contributed by atoms with van der Waals surface area (Å²) in [7, 11) is 0. The Bertz CT molecular complexity index is 250. The van der Waals surface area contributed by atoms with Gasteiger partial charge in [-0.1, -0.05) is 18.5 Å². The second kappa shape index (κ2) is 5.91. The molecule has 1 atom stereocenters. The van der Waals surface area contributed by atoms with E-state index in [0.29, 0.717) is 6.04 Å². The standard InChI is InChI=1S/C9H14ClNS2/c1-2-7(11)5-12-6-8-3-4-9(10)13-8/h3-4,7H,2,5-6,11H2,1H3. The number of nitrogens with two attached hydrogens (primary N) is 1. The van der Waals surface area contributed by atoms with Crippen LogP contribution in [0, 0.1) is 0 Å². The predicted molar refractivity (Wildman–Crippen MR) is 63.8 cm³/mol. The van der Waals surface area contributed by atoms with Gasteiger partial charge in [-0.2, -0.15) is 11.8 Å². The second-order valence-corrected chi connectivity index (χ2v) is 5.72. The Morgan fingerprint density at radius 3 is 2.92 bits per heavy atom. The molecular formula is C9H14ClNS2. The zero-order chi connectivity index (χ0) is 9.68. The normalized spacial score (nSPS) is 13.2. The van der Waals surface area contributed by atoms with Gasteiger partial charge in [0.1, 0.15) is 0 Å². The zero-order valence-electron chi connectivity index (χ0n) is 7.63. The number of hydrogen-bond acceptors (Lipinski definition) is 3. The summed E-state index contributed by atoms with van der Waals surface area (Å²) in [4.78, 5) is 1.33. The molecule has 0 radical (unpaired) electrons. The largest absolute Gasteiger partial charge is 0.327 e. The molecule has 74 valence electrons. The molecule has 0 bridgehead atoms. The molecule has 1 rings (SSSR count). The van der Waals surface area contributed by atoms with Gasteiger partial charge in [0.05, 0.1) is 4.34 Å². The fourth-order valence-electron chi connectivity index (χ4n) is 0.858. The molecule has 1 aromatic rings. The first kappa shape index (κ1) is 11.4. The summed E-state index contributed by atoms with van der Waals surface area (Å²) >= 11 is 9.34. The van der Waals surface area contributed by atoms with Crippen molar-refractivity contribution >= 4 is 34.7 Å². The molecule has 0 aromatic carbocycles. The molecule has 0 saturated carbocycles. The van der Waals surface area contributed by atoms with Gasteiger partial charge in [0.15, 0.2) is 0 Å². The van der Waals surface area contributed by atoms with E-state index in [1.165, 1.54) is 4.88 Å². The lowest BCUT2D eigenvalue weighted by Gasteiger charge is -2.06. The molecular weight excluding hydrogens is 222 g/mol. The van der Waals surface area contributed by atoms with E-state index in [9.17, 15) is 0 Å². The molecule has 1 nitrogen and oxygen atoms in total. The van der Waals surface area contributed by atoms with Crippen LogP contribution in [-0.2, 0) is 5.75 Å². The van der Waals surface area contributed by atoms with Crippen molar-refractivity contribution in [3.63, 3.8) is 0 Å². The first-order valence-electron chi connectivity index (χ1n) is 4.30. The summed E-state index contributed by atoms with van der Waals surface area (Å²) < 4.78 is 0.871. The van der Waals surface area contributed by atoms with E-state index in [2.05, 4.69) is 13.0 Å². The summed E-state index contributed by atoms with van der Waals surface area (Å²) in [5.74, 6) is 2.07. The maximum Gasteiger partial charge on any atom is 0.0931 e. The number of halogens is 1. The first-order valence-corrected chi connectivity index (χ1v) is 6.64. The fraction of sp³-hybridized carbons (Fsp3) is 0.556. The molecule has 4 heteroatoms. The summed E-state index contributed by atoms with van der Waals surface area (Å²) in [6, 6.07) is 4.36. The van der Waals surface area contributed by atoms with Crippen LogP contribution in [0.3, 0.4) is 0 Å². The van der Waals surface area contributed by atoms with Crippen molar-refractivity contribution < 1.29 is 0 Å². The van der Waals surface area contributed by atoms with Crippen molar-refractivity contribution in [2.75, 3.05) is 5.75 Å². The van der Waals surface area contributed by atoms with Crippen molar-refractivity contribution in [3.8, 4) is 0 Å². The highest BCUT2D eigenvalue weighted by molar-refractivity contribution is 7.98. The van der Waals surface area contributed by atoms with E-state index in [1.807, 2.05) is 17.8 Å². The van der Waals surface area contributed by atoms with E-state index >= 15 is 0 Å². The lowest BCUT2D eigenvalue weighted by molar-refractivity contribution is 0.725. The zero-order valence-corrected chi connectivity index (χ0v) is 10.0. The average molecular weight is 236 g/mol. The summed E-state index contributed by atoms with van der Waals surface area (Å²) in [6.07, 6.45) is 1.05. The van der Waals surface area contributed by atoms with Gasteiger partial charge in [-0.05, 0) is 18.6 Å². The Kier molecular flexibility index (Phi) is 5.17. The lowest BCUT2D eigenvalue weighted by Crippen LogP contribution is -2.21. The van der Waals surface area contributed by atoms with Crippen molar-refractivity contribution in [1.82, 2.24) is 0 Å². The molecule has 0 fully saturated rings. The molecule has 0 aliphatic carbocycles. The summed E-state index contributed by atoms with van der Waals surface area (Å²) in [6.45, 7) is 2.12. The highest BCUT2D eigenvalue weighted by Crippen LogP contribution is 2.25. The van der Waals surface area contributed by atoms with Crippen LogP contribution in [0.5, 0.6) is 0 Å². The molecule has 0 amide bonds. The fourth-order valence-corrected chi connectivity index (χ4v) is 3.18. The van der Waals surface area contributed by atoms with E-state index in [1.54, 1.807) is 11.3 Å². The topological polar surface area (TPSA) is 26.0 Å². The van der Waals surface area contributed by atoms with Crippen LogP contribution >= 0.6 is 34.7 Å². The average Bonchev–Trinajstić information content (AvgIpc) is 2.51. The molecule has 0 spiro atoms. The van der Waals surface area contributed by atoms with Gasteiger partial charge < -0.3 is 5.73 Å². The van der Waals surface area contributed by atoms with Crippen LogP contribution in [0.25, 0.3) is 0 Å². The Morgan fingerprint density at radius 1 is 1.62 bits per heavy atom. The summed E-state index contributed by atoms with van der Waals surface area (Å²) in [5, 5.41) is 0. The van der Waals surface area contributed by atoms with Crippen molar-refractivity contribution in [1.29, 1.82) is 0 Å². The Balaban J connectivity index is 2.20. The molecule has 1 aromatic heterocycles. The van der Waals surface area contributed by atoms with E-state index < -0.39 is 0 Å². The van der Waals surface area contributed by atoms with Gasteiger partial charge in [0.25, 0.3) is 0 Å². The third kappa shape index (κ3) is 4.36. The van der Waals surface area contributed by atoms with Gasteiger partial charge in [0, 0.05) is 22.4 Å². The number of hydrogen-bond donors (Lipinski definition) is 1. The van der Waals surface area contributed by atoms with Crippen LogP contribution in [0.4, 0.5) is 0 Å². The molecule has 0 saturated heterocycles. The molecule has 1 heterocycles. The second-order valence-electron chi connectivity index (χ2n) is 2.89. The monoisotopic (exact) mass is 235 g/mol. The van der Waals surface area contributed by atoms with E-state index in [4.69, 9.17) is 17.3 Å². The van der Waals surface area contributed by atoms with Gasteiger partial charge >= 0.3 is 0 Å². The van der Waals surface area contributed by atoms with Gasteiger partial charge in [-0.3, -0.25) is 0 Å². The smallest absolute Gasteiger partial charge is 0.0931 e. The number of thiophene rings is 1. The quantitative estimate of drug-likeness (QED) is 0.847. The van der Waals surface area contributed by atoms with Crippen LogP contribution in [0.2, 0.25) is 4.34 Å². The van der Waals surface area contributed by atoms with Gasteiger partial charge in [0.2, 0.25) is 0 Å². The Morgan fingerprint density at radius 2 is 2.38 bits per heavy atom. The SMILES string of the molecule is CCC(N)CSCc1ccc(Cl)s1. The molecule has 13 heavy (non-hydrogen) atoms. The summed E-state index contributed by atoms with van der Waals surface area (Å²) in [5.41, 5.74) is 5.80. The van der Waals surface area contributed by atoms with Crippen LogP contribution in [0.1, 0.15) is 18.2 Å². The minimum atomic E-state index is 0.334. The maximum absolute atomic E-state index is 5.81. The van der Waals surface area contributed by atoms with Crippen LogP contribution < -0.4 is 5.73 Å². The molecule has 2 N–H and O–H groups in total. The molecule has 0 aliphatic heterocycles. The van der Waals surface area contributed by atoms with Crippen LogP contribution in [0.15, 0.2) is 12.1 Å². The van der Waals surface area contributed by atoms with E-state index in [-0.39, 0.29) is 0 Å². The number of rotatable bonds is 5. The first-order chi connectivity index (χ1) is 6.22. The lowest BCUT2D eigenvalue weighted by atomic mass is 10.3. The highest BCUT2D eigenvalue weighted by atomic mass is 35.5. The predicted octanol–water partition coefficient (Wildman–Crippen LogP) is 3.37. The van der Waals surface area contributed by atoms with Crippen molar-refractivity contribution in [2.24, 2.45) is 5.73 Å². The third-order valence-corrected chi connectivity index (χ3v) is 4.32. The van der Waals surface area contributed by atoms with Crippen LogP contribution in [-0.4, -0.2) is 11.8 Å². The van der Waals surface area contributed by atoms with Crippen molar-refractivity contribution in [2.45, 2.75) is 25.1 Å². The highest BCUT2D eigenvalue weighted by Gasteiger charge is 2.01. The minimum Gasteiger partial charge on any atom is -0.327 e. The maximum atomic E-state index is 5.81. The Hall–Kier alpha value is 0.300. The number of thioether (sulfide) groups is 1. The van der Waals surface area contributed by atoms with Crippen molar-refractivity contribution in [3.05, 3.63) is 21.3 Å². The molecule has 0 aliphatic rings. The van der Waals surface area contributed by atoms with E-state index in [0.717, 1.165) is 22.3 Å². The third-order valence-electron chi connectivity index (χ3n) is 1.73. The minimum absolute atomic E-state index is 0.334. The Labute approximate surface area is 92.7 Å².